The first-order valence-electron chi connectivity index (χ1n) is 15.4. The van der Waals surface area contributed by atoms with Crippen molar-refractivity contribution in [3.05, 3.63) is 0 Å². The van der Waals surface area contributed by atoms with E-state index in [1.807, 2.05) is 13.8 Å². The number of ether oxygens (including phenoxy) is 2. The van der Waals surface area contributed by atoms with E-state index < -0.39 is 79.5 Å². The van der Waals surface area contributed by atoms with Gasteiger partial charge in [-0.25, -0.2) is 4.79 Å². The zero-order chi connectivity index (χ0) is 35.1. The van der Waals surface area contributed by atoms with Crippen LogP contribution < -0.4 is 31.5 Å². The molecule has 3 N–H and O–H groups in total. The minimum atomic E-state index is -1.34. The van der Waals surface area contributed by atoms with Gasteiger partial charge in [-0.15, -0.1) is 0 Å². The summed E-state index contributed by atoms with van der Waals surface area (Å²) in [6.07, 6.45) is -1.94. The van der Waals surface area contributed by atoms with Crippen LogP contribution in [0.2, 0.25) is 0 Å². The summed E-state index contributed by atoms with van der Waals surface area (Å²) in [5.41, 5.74) is 4.59. The van der Waals surface area contributed by atoms with E-state index in [1.54, 1.807) is 11.8 Å². The molecule has 2 aliphatic heterocycles. The van der Waals surface area contributed by atoms with E-state index in [1.165, 1.54) is 14.7 Å². The minimum absolute atomic E-state index is 0. The summed E-state index contributed by atoms with van der Waals surface area (Å²) >= 11 is 0. The number of esters is 1. The number of amides is 3. The summed E-state index contributed by atoms with van der Waals surface area (Å²) in [6.45, 7) is 4.98. The Hall–Kier alpha value is -2.59. The number of rotatable bonds is 15. The van der Waals surface area contributed by atoms with Crippen molar-refractivity contribution in [1.82, 2.24) is 35.8 Å². The molecule has 2 rings (SSSR count). The molecule has 2 fully saturated rings. The first-order valence-corrected chi connectivity index (χ1v) is 15.4. The Bertz CT molecular complexity index is 1100. The molecule has 0 unspecified atom stereocenters. The maximum atomic E-state index is 12.9. The zero-order valence-electron chi connectivity index (χ0n) is 27.3. The Morgan fingerprint density at radius 2 is 1.12 bits per heavy atom. The van der Waals surface area contributed by atoms with Gasteiger partial charge in [-0.2, -0.15) is 0 Å². The molecule has 3 amide bonds. The topological polar surface area (TPSA) is 259 Å². The first kappa shape index (κ1) is 43.4. The van der Waals surface area contributed by atoms with Gasteiger partial charge < -0.3 is 44.5 Å². The molecule has 0 saturated carbocycles. The number of aliphatic carboxylic acids is 3. The van der Waals surface area contributed by atoms with Gasteiger partial charge in [-0.05, 0) is 19.3 Å². The molecule has 3 atom stereocenters. The molecular weight excluding hydrogens is 784 g/mol. The third-order valence-electron chi connectivity index (χ3n) is 7.29. The minimum Gasteiger partial charge on any atom is -0.549 e. The van der Waals surface area contributed by atoms with Crippen LogP contribution >= 0.6 is 0 Å². The van der Waals surface area contributed by atoms with Gasteiger partial charge in [-0.1, -0.05) is 13.8 Å². The van der Waals surface area contributed by atoms with Crippen LogP contribution in [-0.4, -0.2) is 165 Å². The third-order valence-corrected chi connectivity index (χ3v) is 7.29. The van der Waals surface area contributed by atoms with Crippen LogP contribution in [0.1, 0.15) is 27.2 Å². The molecule has 0 spiro atoms. The van der Waals surface area contributed by atoms with Crippen molar-refractivity contribution in [3.63, 3.8) is 0 Å². The van der Waals surface area contributed by atoms with Crippen molar-refractivity contribution in [2.75, 3.05) is 85.1 Å². The largest absolute Gasteiger partial charge is 3.00 e. The Labute approximate surface area is 310 Å². The van der Waals surface area contributed by atoms with Gasteiger partial charge >= 0.3 is 45.9 Å². The molecule has 0 aliphatic carbocycles. The number of hydrogen-bond acceptors (Lipinski definition) is 16. The van der Waals surface area contributed by atoms with Crippen LogP contribution in [0.25, 0.3) is 0 Å². The molecule has 48 heavy (non-hydrogen) atoms. The van der Waals surface area contributed by atoms with E-state index in [-0.39, 0.29) is 118 Å². The normalized spacial score (nSPS) is 20.6. The number of carbonyl (C=O) groups is 7. The maximum absolute atomic E-state index is 12.9. The molecule has 2 saturated heterocycles. The number of nitrogens with one attached hydrogen (secondary N) is 3. The summed E-state index contributed by atoms with van der Waals surface area (Å²) in [6, 6.07) is -1.07. The van der Waals surface area contributed by atoms with Gasteiger partial charge in [0.05, 0.1) is 31.1 Å². The van der Waals surface area contributed by atoms with E-state index in [4.69, 9.17) is 9.47 Å². The predicted octanol–water partition coefficient (Wildman–Crippen LogP) is -7.53. The van der Waals surface area contributed by atoms with Gasteiger partial charge in [0.15, 0.2) is 12.2 Å². The number of hydrazine groups is 1. The van der Waals surface area contributed by atoms with Gasteiger partial charge in [0.1, 0.15) is 6.04 Å². The Morgan fingerprint density at radius 1 is 0.708 bits per heavy atom. The Balaban J connectivity index is 0.0000115. The fourth-order valence-corrected chi connectivity index (χ4v) is 4.89. The van der Waals surface area contributed by atoms with E-state index in [0.29, 0.717) is 0 Å². The number of epoxide rings is 1. The standard InChI is InChI=1S/C28H47N7O12.Gd/c1-4-46-28(45)25-24(47-25)27(44)29-19(13-18(2)3)26(43)31-30-20(36)14-32-5-7-33(15-21(37)38)9-11-35(17-23(41)42)12-10-34(8-6-32)16-22(39)40;/h18-19,24-25H,4-17H2,1-3H3,(H,29,44)(H,30,36)(H,31,43)(H,37,38)(H,39,40)(H,41,42);/q;+3/p-3/t19-,24-,25-;/m0./s1. The molecule has 19 nitrogen and oxygen atoms in total. The molecule has 0 bridgehead atoms. The van der Waals surface area contributed by atoms with Gasteiger partial charge in [0.2, 0.25) is 0 Å². The van der Waals surface area contributed by atoms with Crippen molar-refractivity contribution in [1.29, 1.82) is 0 Å². The van der Waals surface area contributed by atoms with Gasteiger partial charge in [0, 0.05) is 72.0 Å². The number of carboxylic acid groups (broad SMARTS) is 3. The summed E-state index contributed by atoms with van der Waals surface area (Å²) < 4.78 is 9.92. The van der Waals surface area contributed by atoms with Crippen LogP contribution in [0.3, 0.4) is 0 Å². The van der Waals surface area contributed by atoms with E-state index in [0.717, 1.165) is 0 Å². The summed E-state index contributed by atoms with van der Waals surface area (Å²) in [5.74, 6) is -6.79. The molecule has 0 aromatic heterocycles. The van der Waals surface area contributed by atoms with E-state index >= 15 is 0 Å². The Kier molecular flexibility index (Phi) is 20.1. The fraction of sp³-hybridized carbons (Fsp3) is 0.750. The zero-order valence-corrected chi connectivity index (χ0v) is 29.5. The second kappa shape index (κ2) is 22.2. The van der Waals surface area contributed by atoms with Crippen molar-refractivity contribution < 1.29 is 98.3 Å². The van der Waals surface area contributed by atoms with Crippen LogP contribution in [0, 0.1) is 45.9 Å². The monoisotopic (exact) mass is 828 g/mol. The number of hydrogen-bond donors (Lipinski definition) is 3. The van der Waals surface area contributed by atoms with Crippen molar-refractivity contribution >= 4 is 41.6 Å². The van der Waals surface area contributed by atoms with E-state index in [2.05, 4.69) is 16.2 Å². The predicted molar refractivity (Wildman–Crippen MR) is 154 cm³/mol. The molecule has 0 aromatic rings. The van der Waals surface area contributed by atoms with Crippen LogP contribution in [0.5, 0.6) is 0 Å². The Morgan fingerprint density at radius 3 is 1.50 bits per heavy atom. The SMILES string of the molecule is CCOC(=O)[C@H]1O[C@@H]1C(=O)N[C@@H](CC(C)C)C(=O)NNC(=O)CN1CCN(CC(=O)[O-])CCN(CC(=O)[O-])CCN(CC(=O)[O-])CC1.[Gd+3]. The number of nitrogens with zero attached hydrogens (tertiary/aromatic N) is 4. The van der Waals surface area contributed by atoms with Crippen molar-refractivity contribution in [2.24, 2.45) is 5.92 Å². The molecule has 1 radical (unpaired) electrons. The average Bonchev–Trinajstić information content (AvgIpc) is 3.77. The second-order valence-electron chi connectivity index (χ2n) is 11.7. The maximum Gasteiger partial charge on any atom is 3.00 e. The number of carboxylic acids is 3. The van der Waals surface area contributed by atoms with Crippen LogP contribution in [0.15, 0.2) is 0 Å². The molecule has 20 heteroatoms. The molecule has 0 aromatic carbocycles. The smallest absolute Gasteiger partial charge is 0.549 e. The first-order chi connectivity index (χ1) is 22.2. The summed E-state index contributed by atoms with van der Waals surface area (Å²) in [4.78, 5) is 90.4. The molecule has 271 valence electrons. The molecule has 2 heterocycles. The van der Waals surface area contributed by atoms with Gasteiger partial charge in [0.25, 0.3) is 17.7 Å². The molecule has 2 aliphatic rings. The fourth-order valence-electron chi connectivity index (χ4n) is 4.89. The second-order valence-corrected chi connectivity index (χ2v) is 11.7. The quantitative estimate of drug-likeness (QED) is 0.0787. The average molecular weight is 828 g/mol. The molecular formula is C28H44GdN7O12. The number of carbonyl (C=O) groups excluding carboxylic acids is 7. The van der Waals surface area contributed by atoms with Gasteiger partial charge in [-0.3, -0.25) is 44.8 Å². The van der Waals surface area contributed by atoms with Crippen LogP contribution in [0.4, 0.5) is 0 Å². The summed E-state index contributed by atoms with van der Waals surface area (Å²) in [7, 11) is 0. The summed E-state index contributed by atoms with van der Waals surface area (Å²) in [5, 5.41) is 36.4. The van der Waals surface area contributed by atoms with Crippen molar-refractivity contribution in [3.8, 4) is 0 Å². The van der Waals surface area contributed by atoms with E-state index in [9.17, 15) is 48.9 Å². The third kappa shape index (κ3) is 17.2. The van der Waals surface area contributed by atoms with Crippen LogP contribution in [-0.2, 0) is 43.0 Å². The van der Waals surface area contributed by atoms with Crippen molar-refractivity contribution in [2.45, 2.75) is 45.4 Å².